The third kappa shape index (κ3) is 3.55. The van der Waals surface area contributed by atoms with E-state index in [1.807, 2.05) is 0 Å². The molecule has 0 atom stereocenters. The number of benzene rings is 1. The number of halogens is 3. The summed E-state index contributed by atoms with van der Waals surface area (Å²) in [4.78, 5) is 20.7. The van der Waals surface area contributed by atoms with Crippen molar-refractivity contribution in [2.75, 3.05) is 11.9 Å². The zero-order valence-electron chi connectivity index (χ0n) is 12.9. The first kappa shape index (κ1) is 17.2. The maximum atomic E-state index is 12.9. The molecule has 25 heavy (non-hydrogen) atoms. The smallest absolute Gasteiger partial charge is 0.416 e. The lowest BCUT2D eigenvalue weighted by atomic mass is 10.2. The highest BCUT2D eigenvalue weighted by Gasteiger charge is 2.30. The molecular formula is C16H12F3N3O2S. The van der Waals surface area contributed by atoms with Crippen molar-refractivity contribution in [3.05, 3.63) is 47.1 Å². The van der Waals surface area contributed by atoms with Crippen molar-refractivity contribution >= 4 is 39.0 Å². The topological polar surface area (TPSA) is 64.1 Å². The van der Waals surface area contributed by atoms with Gasteiger partial charge < -0.3 is 10.1 Å². The molecule has 3 rings (SSSR count). The fraction of sp³-hybridized carbons (Fsp3) is 0.188. The predicted octanol–water partition coefficient (Wildman–Crippen LogP) is 4.63. The summed E-state index contributed by atoms with van der Waals surface area (Å²) in [7, 11) is 0. The van der Waals surface area contributed by atoms with E-state index in [0.717, 1.165) is 12.1 Å². The largest absolute Gasteiger partial charge is 0.462 e. The second kappa shape index (κ2) is 6.67. The summed E-state index contributed by atoms with van der Waals surface area (Å²) in [6, 6.07) is 4.74. The third-order valence-corrected chi connectivity index (χ3v) is 4.20. The summed E-state index contributed by atoms with van der Waals surface area (Å²) in [5.74, 6) is -0.288. The Balaban J connectivity index is 2.02. The summed E-state index contributed by atoms with van der Waals surface area (Å²) in [6.07, 6.45) is -3.17. The van der Waals surface area contributed by atoms with Crippen molar-refractivity contribution in [3.63, 3.8) is 0 Å². The summed E-state index contributed by atoms with van der Waals surface area (Å²) in [6.45, 7) is 1.89. The number of ether oxygens (including phenoxy) is 1. The van der Waals surface area contributed by atoms with Crippen LogP contribution in [0.25, 0.3) is 10.2 Å². The summed E-state index contributed by atoms with van der Waals surface area (Å²) < 4.78 is 43.6. The van der Waals surface area contributed by atoms with Crippen molar-refractivity contribution in [1.29, 1.82) is 0 Å². The van der Waals surface area contributed by atoms with Crippen molar-refractivity contribution in [1.82, 2.24) is 9.97 Å². The number of rotatable bonds is 4. The van der Waals surface area contributed by atoms with Gasteiger partial charge in [-0.15, -0.1) is 11.3 Å². The van der Waals surface area contributed by atoms with E-state index >= 15 is 0 Å². The van der Waals surface area contributed by atoms with E-state index in [4.69, 9.17) is 4.74 Å². The second-order valence-corrected chi connectivity index (χ2v) is 5.83. The van der Waals surface area contributed by atoms with Gasteiger partial charge in [0.2, 0.25) is 0 Å². The zero-order chi connectivity index (χ0) is 18.0. The number of fused-ring (bicyclic) bond motifs is 1. The van der Waals surface area contributed by atoms with Gasteiger partial charge in [0.1, 0.15) is 17.0 Å². The number of aromatic nitrogens is 2. The Morgan fingerprint density at radius 2 is 2.12 bits per heavy atom. The van der Waals surface area contributed by atoms with E-state index in [2.05, 4.69) is 15.3 Å². The SMILES string of the molecule is CCOC(=O)c1csc2ncnc(Nc3cccc(C(F)(F)F)c3)c12. The van der Waals surface area contributed by atoms with Crippen molar-refractivity contribution < 1.29 is 22.7 Å². The fourth-order valence-corrected chi connectivity index (χ4v) is 3.12. The van der Waals surface area contributed by atoms with Crippen LogP contribution in [0, 0.1) is 0 Å². The van der Waals surface area contributed by atoms with Crippen molar-refractivity contribution in [2.24, 2.45) is 0 Å². The highest BCUT2D eigenvalue weighted by atomic mass is 32.1. The molecule has 1 N–H and O–H groups in total. The number of anilines is 2. The maximum Gasteiger partial charge on any atom is 0.416 e. The first-order valence-electron chi connectivity index (χ1n) is 7.23. The minimum absolute atomic E-state index is 0.204. The first-order valence-corrected chi connectivity index (χ1v) is 8.11. The summed E-state index contributed by atoms with van der Waals surface area (Å²) in [5.41, 5.74) is -0.300. The van der Waals surface area contributed by atoms with Crippen LogP contribution in [0.2, 0.25) is 0 Å². The molecule has 130 valence electrons. The Kier molecular flexibility index (Phi) is 4.58. The molecule has 0 bridgehead atoms. The van der Waals surface area contributed by atoms with Gasteiger partial charge in [-0.1, -0.05) is 6.07 Å². The summed E-state index contributed by atoms with van der Waals surface area (Å²) in [5, 5.41) is 4.84. The average molecular weight is 367 g/mol. The Bertz CT molecular complexity index is 924. The van der Waals surface area contributed by atoms with E-state index in [1.165, 1.54) is 29.8 Å². The molecule has 2 aromatic heterocycles. The van der Waals surface area contributed by atoms with Gasteiger partial charge in [0.15, 0.2) is 0 Å². The van der Waals surface area contributed by atoms with E-state index in [9.17, 15) is 18.0 Å². The summed E-state index contributed by atoms with van der Waals surface area (Å²) >= 11 is 1.23. The minimum atomic E-state index is -4.45. The predicted molar refractivity (Wildman–Crippen MR) is 88.1 cm³/mol. The van der Waals surface area contributed by atoms with Gasteiger partial charge in [0.25, 0.3) is 0 Å². The van der Waals surface area contributed by atoms with Gasteiger partial charge in [0.05, 0.1) is 23.1 Å². The minimum Gasteiger partial charge on any atom is -0.462 e. The van der Waals surface area contributed by atoms with Crippen LogP contribution in [0.1, 0.15) is 22.8 Å². The average Bonchev–Trinajstić information content (AvgIpc) is 3.00. The molecule has 0 aliphatic carbocycles. The molecule has 0 fully saturated rings. The Morgan fingerprint density at radius 3 is 2.84 bits per heavy atom. The van der Waals surface area contributed by atoms with Crippen molar-refractivity contribution in [3.8, 4) is 0 Å². The molecule has 5 nitrogen and oxygen atoms in total. The van der Waals surface area contributed by atoms with Crippen LogP contribution >= 0.6 is 11.3 Å². The van der Waals surface area contributed by atoms with Gasteiger partial charge >= 0.3 is 12.1 Å². The van der Waals surface area contributed by atoms with E-state index < -0.39 is 17.7 Å². The van der Waals surface area contributed by atoms with Crippen LogP contribution < -0.4 is 5.32 Å². The van der Waals surface area contributed by atoms with Crippen LogP contribution in [-0.2, 0) is 10.9 Å². The van der Waals surface area contributed by atoms with Crippen LogP contribution in [0.5, 0.6) is 0 Å². The normalized spacial score (nSPS) is 11.5. The van der Waals surface area contributed by atoms with Gasteiger partial charge in [-0.05, 0) is 25.1 Å². The molecule has 0 aliphatic heterocycles. The lowest BCUT2D eigenvalue weighted by molar-refractivity contribution is -0.137. The third-order valence-electron chi connectivity index (χ3n) is 3.32. The number of carbonyl (C=O) groups is 1. The number of nitrogens with zero attached hydrogens (tertiary/aromatic N) is 2. The second-order valence-electron chi connectivity index (χ2n) is 4.98. The van der Waals surface area contributed by atoms with Gasteiger partial charge in [0, 0.05) is 11.1 Å². The number of hydrogen-bond acceptors (Lipinski definition) is 6. The highest BCUT2D eigenvalue weighted by Crippen LogP contribution is 2.34. The molecule has 2 heterocycles. The molecule has 0 radical (unpaired) electrons. The maximum absolute atomic E-state index is 12.9. The number of carbonyl (C=O) groups excluding carboxylic acids is 1. The molecule has 0 unspecified atom stereocenters. The lowest BCUT2D eigenvalue weighted by Crippen LogP contribution is -2.06. The van der Waals surface area contributed by atoms with Gasteiger partial charge in [-0.3, -0.25) is 0 Å². The fourth-order valence-electron chi connectivity index (χ4n) is 2.24. The highest BCUT2D eigenvalue weighted by molar-refractivity contribution is 7.17. The number of alkyl halides is 3. The van der Waals surface area contributed by atoms with Crippen LogP contribution in [-0.4, -0.2) is 22.5 Å². The molecule has 9 heteroatoms. The molecule has 0 saturated carbocycles. The molecular weight excluding hydrogens is 355 g/mol. The molecule has 0 saturated heterocycles. The lowest BCUT2D eigenvalue weighted by Gasteiger charge is -2.11. The molecule has 0 amide bonds. The van der Waals surface area contributed by atoms with E-state index in [0.29, 0.717) is 10.2 Å². The first-order chi connectivity index (χ1) is 11.9. The van der Waals surface area contributed by atoms with Crippen LogP contribution in [0.15, 0.2) is 36.0 Å². The molecule has 0 spiro atoms. The number of hydrogen-bond donors (Lipinski definition) is 1. The molecule has 0 aliphatic rings. The standard InChI is InChI=1S/C16H12F3N3O2S/c1-2-24-15(23)11-7-25-14-12(11)13(20-8-21-14)22-10-5-3-4-9(6-10)16(17,18)19/h3-8H,2H2,1H3,(H,20,21,22). The van der Waals surface area contributed by atoms with Gasteiger partial charge in [-0.25, -0.2) is 14.8 Å². The Hall–Kier alpha value is -2.68. The van der Waals surface area contributed by atoms with Crippen LogP contribution in [0.3, 0.4) is 0 Å². The zero-order valence-corrected chi connectivity index (χ0v) is 13.7. The Labute approximate surface area is 144 Å². The van der Waals surface area contributed by atoms with E-state index in [1.54, 1.807) is 12.3 Å². The monoisotopic (exact) mass is 367 g/mol. The number of esters is 1. The van der Waals surface area contributed by atoms with Crippen molar-refractivity contribution in [2.45, 2.75) is 13.1 Å². The number of nitrogens with one attached hydrogen (secondary N) is 1. The molecule has 3 aromatic rings. The quantitative estimate of drug-likeness (QED) is 0.681. The van der Waals surface area contributed by atoms with E-state index in [-0.39, 0.29) is 23.7 Å². The van der Waals surface area contributed by atoms with Crippen LogP contribution in [0.4, 0.5) is 24.7 Å². The number of thiophene rings is 1. The molecule has 1 aromatic carbocycles. The van der Waals surface area contributed by atoms with Gasteiger partial charge in [-0.2, -0.15) is 13.2 Å². The Morgan fingerprint density at radius 1 is 1.32 bits per heavy atom.